The summed E-state index contributed by atoms with van der Waals surface area (Å²) in [6.07, 6.45) is 0. The van der Waals surface area contributed by atoms with Crippen molar-refractivity contribution in [3.8, 4) is 0 Å². The van der Waals surface area contributed by atoms with Crippen molar-refractivity contribution in [3.63, 3.8) is 0 Å². The smallest absolute Gasteiger partial charge is 0.273 e. The van der Waals surface area contributed by atoms with Crippen molar-refractivity contribution in [1.29, 1.82) is 0 Å². The number of aromatic amines is 1. The van der Waals surface area contributed by atoms with Crippen LogP contribution in [-0.2, 0) is 6.54 Å². The maximum Gasteiger partial charge on any atom is 0.273 e. The Morgan fingerprint density at radius 2 is 1.92 bits per heavy atom. The van der Waals surface area contributed by atoms with Crippen molar-refractivity contribution in [2.24, 2.45) is 0 Å². The van der Waals surface area contributed by atoms with Crippen LogP contribution in [0, 0.1) is 17.0 Å². The van der Waals surface area contributed by atoms with E-state index in [9.17, 15) is 19.7 Å². The number of hydrogen-bond donors (Lipinski definition) is 2. The topological polar surface area (TPSA) is 118 Å². The van der Waals surface area contributed by atoms with Gasteiger partial charge in [0.25, 0.3) is 17.2 Å². The van der Waals surface area contributed by atoms with Crippen molar-refractivity contribution in [2.75, 3.05) is 0 Å². The molecule has 0 unspecified atom stereocenters. The van der Waals surface area contributed by atoms with Gasteiger partial charge in [0.05, 0.1) is 22.5 Å². The number of carbonyl (C=O) groups excluding carboxylic acids is 1. The Balaban J connectivity index is 1.87. The van der Waals surface area contributed by atoms with E-state index in [-0.39, 0.29) is 23.4 Å². The number of rotatable bonds is 4. The molecule has 2 N–H and O–H groups in total. The van der Waals surface area contributed by atoms with Crippen LogP contribution in [0.2, 0.25) is 0 Å². The number of H-pyrrole nitrogens is 1. The highest BCUT2D eigenvalue weighted by molar-refractivity contribution is 5.96. The summed E-state index contributed by atoms with van der Waals surface area (Å²) in [6.45, 7) is 1.61. The van der Waals surface area contributed by atoms with Gasteiger partial charge in [-0.15, -0.1) is 0 Å². The van der Waals surface area contributed by atoms with E-state index in [1.54, 1.807) is 24.3 Å². The van der Waals surface area contributed by atoms with Gasteiger partial charge in [-0.05, 0) is 19.1 Å². The van der Waals surface area contributed by atoms with Gasteiger partial charge in [0, 0.05) is 22.6 Å². The fourth-order valence-electron chi connectivity index (χ4n) is 2.63. The second-order valence-electron chi connectivity index (χ2n) is 5.43. The van der Waals surface area contributed by atoms with Gasteiger partial charge in [-0.3, -0.25) is 19.7 Å². The summed E-state index contributed by atoms with van der Waals surface area (Å²) in [5.41, 5.74) is 0.610. The number of hydrogen-bond acceptors (Lipinski definition) is 5. The first-order valence-electron chi connectivity index (χ1n) is 7.47. The van der Waals surface area contributed by atoms with E-state index in [1.807, 2.05) is 0 Å². The van der Waals surface area contributed by atoms with Crippen molar-refractivity contribution in [3.05, 3.63) is 79.8 Å². The average Bonchev–Trinajstić information content (AvgIpc) is 2.61. The summed E-state index contributed by atoms with van der Waals surface area (Å²) in [5, 5.41) is 21.2. The summed E-state index contributed by atoms with van der Waals surface area (Å²) in [4.78, 5) is 34.6. The van der Waals surface area contributed by atoms with Crippen LogP contribution in [0.1, 0.15) is 21.6 Å². The molecule has 0 bridgehead atoms. The Morgan fingerprint density at radius 1 is 1.20 bits per heavy atom. The molecule has 0 atom stereocenters. The van der Waals surface area contributed by atoms with Gasteiger partial charge in [-0.1, -0.05) is 24.3 Å². The van der Waals surface area contributed by atoms with Gasteiger partial charge < -0.3 is 5.32 Å². The largest absolute Gasteiger partial charge is 0.346 e. The molecule has 1 amide bonds. The third-order valence-electron chi connectivity index (χ3n) is 3.94. The maximum atomic E-state index is 12.4. The molecule has 0 aliphatic heterocycles. The van der Waals surface area contributed by atoms with E-state index in [1.165, 1.54) is 25.1 Å². The number of nitrogens with zero attached hydrogens (tertiary/aromatic N) is 2. The Bertz CT molecular complexity index is 1040. The predicted molar refractivity (Wildman–Crippen MR) is 91.4 cm³/mol. The molecule has 1 heterocycles. The van der Waals surface area contributed by atoms with Crippen molar-refractivity contribution < 1.29 is 9.72 Å². The number of aromatic nitrogens is 2. The van der Waals surface area contributed by atoms with E-state index in [4.69, 9.17) is 0 Å². The van der Waals surface area contributed by atoms with Gasteiger partial charge in [0.15, 0.2) is 0 Å². The number of benzene rings is 2. The molecule has 0 aliphatic carbocycles. The lowest BCUT2D eigenvalue weighted by Gasteiger charge is -2.09. The Morgan fingerprint density at radius 3 is 2.64 bits per heavy atom. The lowest BCUT2D eigenvalue weighted by atomic mass is 10.1. The van der Waals surface area contributed by atoms with Crippen molar-refractivity contribution >= 4 is 22.4 Å². The molecule has 0 spiro atoms. The van der Waals surface area contributed by atoms with Gasteiger partial charge in [0.2, 0.25) is 0 Å². The second-order valence-corrected chi connectivity index (χ2v) is 5.43. The van der Waals surface area contributed by atoms with E-state index < -0.39 is 10.8 Å². The van der Waals surface area contributed by atoms with Crippen LogP contribution in [-0.4, -0.2) is 21.0 Å². The molecule has 25 heavy (non-hydrogen) atoms. The zero-order chi connectivity index (χ0) is 18.0. The summed E-state index contributed by atoms with van der Waals surface area (Å²) in [7, 11) is 0. The van der Waals surface area contributed by atoms with Gasteiger partial charge in [-0.2, -0.15) is 5.10 Å². The molecule has 3 rings (SSSR count). The van der Waals surface area contributed by atoms with Crippen molar-refractivity contribution in [2.45, 2.75) is 13.5 Å². The van der Waals surface area contributed by atoms with Crippen LogP contribution in [0.15, 0.2) is 47.3 Å². The number of nitro groups is 1. The summed E-state index contributed by atoms with van der Waals surface area (Å²) in [6, 6.07) is 11.3. The van der Waals surface area contributed by atoms with E-state index in [2.05, 4.69) is 15.5 Å². The van der Waals surface area contributed by atoms with Crippen LogP contribution in [0.4, 0.5) is 5.69 Å². The van der Waals surface area contributed by atoms with E-state index in [0.29, 0.717) is 22.0 Å². The van der Waals surface area contributed by atoms with Crippen LogP contribution < -0.4 is 10.9 Å². The molecule has 126 valence electrons. The SMILES string of the molecule is Cc1c(C(=O)NCc2n[nH]c(=O)c3ccccc23)cccc1[N+](=O)[O-]. The molecule has 0 saturated heterocycles. The van der Waals surface area contributed by atoms with Crippen LogP contribution >= 0.6 is 0 Å². The zero-order valence-corrected chi connectivity index (χ0v) is 13.3. The first kappa shape index (κ1) is 16.3. The van der Waals surface area contributed by atoms with Crippen molar-refractivity contribution in [1.82, 2.24) is 15.5 Å². The molecule has 0 fully saturated rings. The standard InChI is InChI=1S/C17H14N4O4/c1-10-11(7-4-8-15(10)21(24)25)16(22)18-9-14-12-5-2-3-6-13(12)17(23)20-19-14/h2-8H,9H2,1H3,(H,18,22)(H,20,23). The molecule has 8 nitrogen and oxygen atoms in total. The highest BCUT2D eigenvalue weighted by Crippen LogP contribution is 2.21. The molecule has 1 aromatic heterocycles. The number of nitrogens with one attached hydrogen (secondary N) is 2. The number of amides is 1. The molecule has 3 aromatic rings. The summed E-state index contributed by atoms with van der Waals surface area (Å²) in [5.74, 6) is -0.446. The quantitative estimate of drug-likeness (QED) is 0.558. The van der Waals surface area contributed by atoms with Gasteiger partial charge in [-0.25, -0.2) is 5.10 Å². The van der Waals surface area contributed by atoms with Gasteiger partial charge in [0.1, 0.15) is 0 Å². The molecule has 0 radical (unpaired) electrons. The maximum absolute atomic E-state index is 12.4. The fourth-order valence-corrected chi connectivity index (χ4v) is 2.63. The minimum absolute atomic E-state index is 0.0816. The summed E-state index contributed by atoms with van der Waals surface area (Å²) >= 11 is 0. The monoisotopic (exact) mass is 338 g/mol. The molecular formula is C17H14N4O4. The van der Waals surface area contributed by atoms with Crippen LogP contribution in [0.5, 0.6) is 0 Å². The number of nitro benzene ring substituents is 1. The molecular weight excluding hydrogens is 324 g/mol. The highest BCUT2D eigenvalue weighted by Gasteiger charge is 2.18. The first-order chi connectivity index (χ1) is 12.0. The lowest BCUT2D eigenvalue weighted by Crippen LogP contribution is -2.25. The van der Waals surface area contributed by atoms with Gasteiger partial charge >= 0.3 is 0 Å². The highest BCUT2D eigenvalue weighted by atomic mass is 16.6. The molecule has 0 saturated carbocycles. The minimum atomic E-state index is -0.525. The first-order valence-corrected chi connectivity index (χ1v) is 7.47. The lowest BCUT2D eigenvalue weighted by molar-refractivity contribution is -0.385. The molecule has 0 aliphatic rings. The second kappa shape index (κ2) is 6.52. The third kappa shape index (κ3) is 3.09. The minimum Gasteiger partial charge on any atom is -0.346 e. The number of fused-ring (bicyclic) bond motifs is 1. The third-order valence-corrected chi connectivity index (χ3v) is 3.94. The van der Waals surface area contributed by atoms with Crippen LogP contribution in [0.3, 0.4) is 0 Å². The molecule has 2 aromatic carbocycles. The Hall–Kier alpha value is -3.55. The van der Waals surface area contributed by atoms with Crippen LogP contribution in [0.25, 0.3) is 10.8 Å². The Labute approximate surface area is 141 Å². The predicted octanol–water partition coefficient (Wildman–Crippen LogP) is 2.07. The Kier molecular flexibility index (Phi) is 4.25. The number of carbonyl (C=O) groups is 1. The van der Waals surface area contributed by atoms with E-state index in [0.717, 1.165) is 0 Å². The molecule has 8 heteroatoms. The zero-order valence-electron chi connectivity index (χ0n) is 13.3. The summed E-state index contributed by atoms with van der Waals surface area (Å²) < 4.78 is 0. The fraction of sp³-hybridized carbons (Fsp3) is 0.118. The van der Waals surface area contributed by atoms with E-state index >= 15 is 0 Å². The average molecular weight is 338 g/mol. The normalized spacial score (nSPS) is 10.6.